The van der Waals surface area contributed by atoms with Crippen molar-refractivity contribution >= 4 is 6.21 Å². The van der Waals surface area contributed by atoms with E-state index in [1.54, 1.807) is 0 Å². The number of allylic oxidation sites excluding steroid dienone is 3. The molecule has 2 aliphatic heterocycles. The highest BCUT2D eigenvalue weighted by atomic mass is 16.7. The van der Waals surface area contributed by atoms with Crippen LogP contribution in [0.15, 0.2) is 52.1 Å². The third kappa shape index (κ3) is 4.97. The van der Waals surface area contributed by atoms with Gasteiger partial charge in [0.05, 0.1) is 12.3 Å². The third-order valence-electron chi connectivity index (χ3n) is 3.38. The minimum atomic E-state index is -0.188. The van der Waals surface area contributed by atoms with Gasteiger partial charge in [0, 0.05) is 22.9 Å². The lowest BCUT2D eigenvalue weighted by atomic mass is 10.1. The highest BCUT2D eigenvalue weighted by Crippen LogP contribution is 2.20. The van der Waals surface area contributed by atoms with Crippen molar-refractivity contribution in [3.05, 3.63) is 47.2 Å². The molecule has 2 rings (SSSR count). The fourth-order valence-corrected chi connectivity index (χ4v) is 2.33. The second kappa shape index (κ2) is 7.68. The van der Waals surface area contributed by atoms with E-state index in [1.165, 1.54) is 0 Å². The Bertz CT molecular complexity index is 609. The highest BCUT2D eigenvalue weighted by molar-refractivity contribution is 5.79. The molecule has 0 aromatic carbocycles. The maximum Gasteiger partial charge on any atom is 0.189 e. The first-order valence-corrected chi connectivity index (χ1v) is 8.11. The molecule has 3 N–H and O–H groups in total. The van der Waals surface area contributed by atoms with E-state index in [0.717, 1.165) is 28.4 Å². The fraction of sp³-hybridized carbons (Fsp3) is 0.500. The van der Waals surface area contributed by atoms with Crippen LogP contribution in [0.1, 0.15) is 34.6 Å². The van der Waals surface area contributed by atoms with Crippen molar-refractivity contribution < 1.29 is 9.47 Å². The third-order valence-corrected chi connectivity index (χ3v) is 3.38. The van der Waals surface area contributed by atoms with Crippen LogP contribution in [0.5, 0.6) is 0 Å². The van der Waals surface area contributed by atoms with Crippen LogP contribution in [0.2, 0.25) is 0 Å². The van der Waals surface area contributed by atoms with Crippen LogP contribution >= 0.6 is 0 Å². The zero-order chi connectivity index (χ0) is 17.7. The van der Waals surface area contributed by atoms with Crippen molar-refractivity contribution in [2.24, 2.45) is 4.99 Å². The molecule has 1 saturated heterocycles. The van der Waals surface area contributed by atoms with Gasteiger partial charge in [0.2, 0.25) is 0 Å². The Hall–Kier alpha value is -2.05. The second-order valence-electron chi connectivity index (χ2n) is 6.86. The van der Waals surface area contributed by atoms with E-state index in [4.69, 9.17) is 9.47 Å². The average Bonchev–Trinajstić information content (AvgIpc) is 2.49. The van der Waals surface area contributed by atoms with Gasteiger partial charge >= 0.3 is 0 Å². The lowest BCUT2D eigenvalue weighted by Gasteiger charge is -2.31. The van der Waals surface area contributed by atoms with Gasteiger partial charge in [0.25, 0.3) is 0 Å². The smallest absolute Gasteiger partial charge is 0.189 e. The fourth-order valence-electron chi connectivity index (χ4n) is 2.33. The largest absolute Gasteiger partial charge is 0.465 e. The predicted molar refractivity (Wildman–Crippen MR) is 97.0 cm³/mol. The first kappa shape index (κ1) is 18.3. The molecule has 0 bridgehead atoms. The lowest BCUT2D eigenvalue weighted by Crippen LogP contribution is -2.52. The van der Waals surface area contributed by atoms with E-state index in [1.807, 2.05) is 32.2 Å². The Morgan fingerprint density at radius 1 is 1.46 bits per heavy atom. The summed E-state index contributed by atoms with van der Waals surface area (Å²) < 4.78 is 10.9. The molecule has 6 heteroatoms. The maximum absolute atomic E-state index is 5.63. The molecule has 0 spiro atoms. The first-order chi connectivity index (χ1) is 11.3. The summed E-state index contributed by atoms with van der Waals surface area (Å²) in [5.41, 5.74) is 2.63. The van der Waals surface area contributed by atoms with Gasteiger partial charge in [0.15, 0.2) is 18.8 Å². The van der Waals surface area contributed by atoms with Crippen LogP contribution in [0.3, 0.4) is 0 Å². The predicted octanol–water partition coefficient (Wildman–Crippen LogP) is 2.50. The normalized spacial score (nSPS) is 24.0. The lowest BCUT2D eigenvalue weighted by molar-refractivity contribution is -0.0378. The summed E-state index contributed by atoms with van der Waals surface area (Å²) in [6, 6.07) is 0. The van der Waals surface area contributed by atoms with E-state index < -0.39 is 0 Å². The Labute approximate surface area is 144 Å². The topological polar surface area (TPSA) is 66.9 Å². The van der Waals surface area contributed by atoms with Crippen LogP contribution < -0.4 is 16.0 Å². The van der Waals surface area contributed by atoms with Gasteiger partial charge in [-0.25, -0.2) is 0 Å². The van der Waals surface area contributed by atoms with Crippen molar-refractivity contribution in [3.8, 4) is 0 Å². The summed E-state index contributed by atoms with van der Waals surface area (Å²) in [7, 11) is 0. The van der Waals surface area contributed by atoms with E-state index in [0.29, 0.717) is 6.61 Å². The number of ether oxygens (including phenoxy) is 2. The molecule has 6 nitrogen and oxygen atoms in total. The van der Waals surface area contributed by atoms with Crippen LogP contribution in [-0.2, 0) is 9.47 Å². The van der Waals surface area contributed by atoms with Crippen molar-refractivity contribution in [3.63, 3.8) is 0 Å². The zero-order valence-electron chi connectivity index (χ0n) is 15.2. The van der Waals surface area contributed by atoms with Gasteiger partial charge < -0.3 is 20.1 Å². The van der Waals surface area contributed by atoms with Gasteiger partial charge in [-0.05, 0) is 40.7 Å². The van der Waals surface area contributed by atoms with Crippen LogP contribution in [-0.4, -0.2) is 31.4 Å². The quantitative estimate of drug-likeness (QED) is 0.738. The Kier molecular flexibility index (Phi) is 5.85. The molecule has 24 heavy (non-hydrogen) atoms. The minimum absolute atomic E-state index is 0.0475. The number of nitrogens with zero attached hydrogens (tertiary/aromatic N) is 1. The molecule has 0 amide bonds. The molecule has 0 radical (unpaired) electrons. The summed E-state index contributed by atoms with van der Waals surface area (Å²) in [4.78, 5) is 4.48. The van der Waals surface area contributed by atoms with Gasteiger partial charge in [-0.2, -0.15) is 0 Å². The number of nitrogens with one attached hydrogen (secondary N) is 3. The Morgan fingerprint density at radius 2 is 2.21 bits per heavy atom. The van der Waals surface area contributed by atoms with E-state index in [9.17, 15) is 0 Å². The van der Waals surface area contributed by atoms with Crippen molar-refractivity contribution in [1.29, 1.82) is 0 Å². The highest BCUT2D eigenvalue weighted by Gasteiger charge is 2.22. The molecular formula is C18H28N4O2. The summed E-state index contributed by atoms with van der Waals surface area (Å²) >= 11 is 0. The van der Waals surface area contributed by atoms with Crippen molar-refractivity contribution in [1.82, 2.24) is 16.0 Å². The maximum atomic E-state index is 5.63. The molecule has 0 aliphatic carbocycles. The summed E-state index contributed by atoms with van der Waals surface area (Å²) in [5.74, 6) is 1.61. The van der Waals surface area contributed by atoms with Gasteiger partial charge in [0.1, 0.15) is 5.82 Å². The van der Waals surface area contributed by atoms with Crippen molar-refractivity contribution in [2.75, 3.05) is 13.4 Å². The summed E-state index contributed by atoms with van der Waals surface area (Å²) in [6.07, 6.45) is 5.59. The van der Waals surface area contributed by atoms with Gasteiger partial charge in [-0.15, -0.1) is 0 Å². The van der Waals surface area contributed by atoms with E-state index in [-0.39, 0.29) is 18.6 Å². The number of hydrogen-bond acceptors (Lipinski definition) is 6. The molecular weight excluding hydrogens is 304 g/mol. The van der Waals surface area contributed by atoms with E-state index >= 15 is 0 Å². The molecule has 0 saturated carbocycles. The number of hydrogen-bond donors (Lipinski definition) is 3. The number of aliphatic imine (C=N–C) groups is 1. The van der Waals surface area contributed by atoms with Gasteiger partial charge in [-0.1, -0.05) is 12.7 Å². The molecule has 0 aromatic heterocycles. The standard InChI is InChI=1S/C18H28N4O2/c1-7-8-14(15-13(3)10-23-11-24-15)20-16-12(2)9-19-17(21-16)22-18(4,5)6/h7-9,17,20-22H,3,10-11H2,1-2,4-6H3/b8-7-,15-14-. The second-order valence-corrected chi connectivity index (χ2v) is 6.86. The Balaban J connectivity index is 2.21. The summed E-state index contributed by atoms with van der Waals surface area (Å²) in [5, 5.41) is 10.2. The van der Waals surface area contributed by atoms with Crippen LogP contribution in [0.25, 0.3) is 0 Å². The van der Waals surface area contributed by atoms with Crippen LogP contribution in [0.4, 0.5) is 0 Å². The average molecular weight is 332 g/mol. The molecule has 1 unspecified atom stereocenters. The molecule has 132 valence electrons. The zero-order valence-corrected chi connectivity index (χ0v) is 15.2. The minimum Gasteiger partial charge on any atom is -0.465 e. The molecule has 1 fully saturated rings. The molecule has 2 heterocycles. The van der Waals surface area contributed by atoms with Crippen molar-refractivity contribution in [2.45, 2.75) is 46.4 Å². The van der Waals surface area contributed by atoms with Gasteiger partial charge in [-0.3, -0.25) is 10.3 Å². The molecule has 2 aliphatic rings. The number of rotatable bonds is 4. The SMILES string of the molecule is C=C1COCO/C1=C(/C=C\C)NC1=C(C)C=NC(NC(C)(C)C)N1. The van der Waals surface area contributed by atoms with E-state index in [2.05, 4.69) is 48.3 Å². The Morgan fingerprint density at radius 3 is 2.83 bits per heavy atom. The molecule has 0 aromatic rings. The first-order valence-electron chi connectivity index (χ1n) is 8.11. The molecule has 1 atom stereocenters. The van der Waals surface area contributed by atoms with Crippen LogP contribution in [0, 0.1) is 0 Å². The monoisotopic (exact) mass is 332 g/mol. The summed E-state index contributed by atoms with van der Waals surface area (Å²) in [6.45, 7) is 15.0.